The van der Waals surface area contributed by atoms with Crippen LogP contribution in [0.4, 0.5) is 5.69 Å². The number of rotatable bonds is 7. The molecule has 8 nitrogen and oxygen atoms in total. The van der Waals surface area contributed by atoms with E-state index in [2.05, 4.69) is 15.5 Å². The number of amides is 1. The first-order valence-corrected chi connectivity index (χ1v) is 9.64. The van der Waals surface area contributed by atoms with Gasteiger partial charge in [0.1, 0.15) is 28.3 Å². The van der Waals surface area contributed by atoms with Gasteiger partial charge in [0.25, 0.3) is 5.91 Å². The van der Waals surface area contributed by atoms with Gasteiger partial charge in [-0.1, -0.05) is 0 Å². The lowest BCUT2D eigenvalue weighted by Gasteiger charge is -2.10. The normalized spacial score (nSPS) is 10.7. The summed E-state index contributed by atoms with van der Waals surface area (Å²) in [5.74, 6) is 1.81. The summed E-state index contributed by atoms with van der Waals surface area (Å²) >= 11 is 0. The van der Waals surface area contributed by atoms with Gasteiger partial charge in [0.2, 0.25) is 0 Å². The second-order valence-electron chi connectivity index (χ2n) is 6.86. The number of benzene rings is 3. The van der Waals surface area contributed by atoms with E-state index in [-0.39, 0.29) is 12.5 Å². The third-order valence-electron chi connectivity index (χ3n) is 4.73. The molecule has 1 heterocycles. The van der Waals surface area contributed by atoms with Crippen molar-refractivity contribution in [2.75, 3.05) is 26.1 Å². The van der Waals surface area contributed by atoms with Crippen LogP contribution in [0.5, 0.6) is 17.2 Å². The van der Waals surface area contributed by atoms with E-state index in [9.17, 15) is 4.79 Å². The third-order valence-corrected chi connectivity index (χ3v) is 4.73. The van der Waals surface area contributed by atoms with Crippen molar-refractivity contribution in [2.45, 2.75) is 6.92 Å². The van der Waals surface area contributed by atoms with Crippen LogP contribution in [0.25, 0.3) is 16.7 Å². The van der Waals surface area contributed by atoms with Crippen LogP contribution >= 0.6 is 0 Å². The van der Waals surface area contributed by atoms with E-state index in [0.29, 0.717) is 17.0 Å². The fourth-order valence-corrected chi connectivity index (χ4v) is 3.04. The first-order valence-electron chi connectivity index (χ1n) is 9.64. The van der Waals surface area contributed by atoms with Gasteiger partial charge >= 0.3 is 0 Å². The van der Waals surface area contributed by atoms with Crippen molar-refractivity contribution in [1.29, 1.82) is 0 Å². The zero-order valence-electron chi connectivity index (χ0n) is 17.5. The highest BCUT2D eigenvalue weighted by atomic mass is 16.5. The smallest absolute Gasteiger partial charge is 0.262 e. The summed E-state index contributed by atoms with van der Waals surface area (Å²) in [6.45, 7) is 1.80. The predicted molar refractivity (Wildman–Crippen MR) is 117 cm³/mol. The Balaban J connectivity index is 1.46. The molecule has 8 heteroatoms. The summed E-state index contributed by atoms with van der Waals surface area (Å²) < 4.78 is 15.8. The first kappa shape index (κ1) is 20.2. The molecule has 3 aromatic carbocycles. The van der Waals surface area contributed by atoms with Crippen LogP contribution in [0.1, 0.15) is 5.56 Å². The Morgan fingerprint density at radius 2 is 1.42 bits per heavy atom. The molecule has 1 amide bonds. The fourth-order valence-electron chi connectivity index (χ4n) is 3.04. The van der Waals surface area contributed by atoms with Crippen LogP contribution in [0, 0.1) is 6.92 Å². The van der Waals surface area contributed by atoms with Crippen molar-refractivity contribution in [3.8, 4) is 22.9 Å². The summed E-state index contributed by atoms with van der Waals surface area (Å²) in [6, 6.07) is 18.2. The minimum atomic E-state index is -0.263. The van der Waals surface area contributed by atoms with E-state index < -0.39 is 0 Å². The summed E-state index contributed by atoms with van der Waals surface area (Å²) in [5.41, 5.74) is 3.77. The van der Waals surface area contributed by atoms with E-state index in [1.807, 2.05) is 43.3 Å². The van der Waals surface area contributed by atoms with E-state index >= 15 is 0 Å². The van der Waals surface area contributed by atoms with E-state index in [0.717, 1.165) is 28.3 Å². The minimum Gasteiger partial charge on any atom is -0.497 e. The number of aryl methyl sites for hydroxylation is 1. The van der Waals surface area contributed by atoms with Crippen molar-refractivity contribution in [2.24, 2.45) is 0 Å². The van der Waals surface area contributed by atoms with Gasteiger partial charge in [0.15, 0.2) is 6.61 Å². The number of hydrogen-bond donors (Lipinski definition) is 1. The Kier molecular flexibility index (Phi) is 5.70. The molecule has 0 unspecified atom stereocenters. The number of carbonyl (C=O) groups excluding carboxylic acids is 1. The summed E-state index contributed by atoms with van der Waals surface area (Å²) in [7, 11) is 3.22. The molecule has 0 aliphatic rings. The maximum atomic E-state index is 12.4. The zero-order valence-corrected chi connectivity index (χ0v) is 17.5. The van der Waals surface area contributed by atoms with Crippen molar-refractivity contribution < 1.29 is 19.0 Å². The molecule has 0 saturated carbocycles. The van der Waals surface area contributed by atoms with Crippen molar-refractivity contribution in [3.63, 3.8) is 0 Å². The van der Waals surface area contributed by atoms with Crippen LogP contribution in [-0.4, -0.2) is 41.7 Å². The molecule has 0 aliphatic carbocycles. The molecule has 1 aromatic heterocycles. The molecule has 158 valence electrons. The van der Waals surface area contributed by atoms with E-state index in [4.69, 9.17) is 14.2 Å². The number of nitrogens with one attached hydrogen (secondary N) is 1. The minimum absolute atomic E-state index is 0.109. The van der Waals surface area contributed by atoms with Gasteiger partial charge in [-0.3, -0.25) is 4.79 Å². The maximum absolute atomic E-state index is 12.4. The molecule has 31 heavy (non-hydrogen) atoms. The molecule has 1 N–H and O–H groups in total. The maximum Gasteiger partial charge on any atom is 0.262 e. The number of hydrogen-bond acceptors (Lipinski definition) is 6. The largest absolute Gasteiger partial charge is 0.497 e. The standard InChI is InChI=1S/C23H22N4O4/c1-15-12-21-22(26-27(25-21)16-4-6-17(29-2)7-5-16)13-20(15)24-23(28)14-31-19-10-8-18(30-3)9-11-19/h4-13H,14H2,1-3H3,(H,24,28). The predicted octanol–water partition coefficient (Wildman–Crippen LogP) is 3.76. The second kappa shape index (κ2) is 8.74. The second-order valence-corrected chi connectivity index (χ2v) is 6.86. The van der Waals surface area contributed by atoms with Crippen LogP contribution < -0.4 is 19.5 Å². The summed E-state index contributed by atoms with van der Waals surface area (Å²) in [6.07, 6.45) is 0. The quantitative estimate of drug-likeness (QED) is 0.492. The topological polar surface area (TPSA) is 87.5 Å². The zero-order chi connectivity index (χ0) is 21.8. The first-order chi connectivity index (χ1) is 15.1. The van der Waals surface area contributed by atoms with Gasteiger partial charge in [-0.15, -0.1) is 10.2 Å². The van der Waals surface area contributed by atoms with Crippen molar-refractivity contribution >= 4 is 22.6 Å². The summed E-state index contributed by atoms with van der Waals surface area (Å²) in [4.78, 5) is 13.9. The van der Waals surface area contributed by atoms with E-state index in [1.54, 1.807) is 43.3 Å². The van der Waals surface area contributed by atoms with Gasteiger partial charge < -0.3 is 19.5 Å². The Labute approximate surface area is 179 Å². The number of aromatic nitrogens is 3. The molecule has 0 fully saturated rings. The number of anilines is 1. The molecule has 0 aliphatic heterocycles. The van der Waals surface area contributed by atoms with Gasteiger partial charge in [0, 0.05) is 5.69 Å². The Morgan fingerprint density at radius 1 is 0.871 bits per heavy atom. The lowest BCUT2D eigenvalue weighted by molar-refractivity contribution is -0.118. The average molecular weight is 418 g/mol. The van der Waals surface area contributed by atoms with Gasteiger partial charge in [-0.05, 0) is 73.2 Å². The molecule has 0 atom stereocenters. The van der Waals surface area contributed by atoms with Crippen molar-refractivity contribution in [1.82, 2.24) is 15.0 Å². The monoisotopic (exact) mass is 418 g/mol. The Bertz CT molecular complexity index is 1200. The lowest BCUT2D eigenvalue weighted by atomic mass is 10.1. The van der Waals surface area contributed by atoms with Crippen LogP contribution in [0.2, 0.25) is 0 Å². The average Bonchev–Trinajstić information content (AvgIpc) is 3.21. The molecule has 0 bridgehead atoms. The number of carbonyl (C=O) groups is 1. The third kappa shape index (κ3) is 4.58. The molecule has 4 rings (SSSR count). The highest BCUT2D eigenvalue weighted by molar-refractivity contribution is 5.95. The van der Waals surface area contributed by atoms with Crippen LogP contribution in [0.3, 0.4) is 0 Å². The number of nitrogens with zero attached hydrogens (tertiary/aromatic N) is 3. The summed E-state index contributed by atoms with van der Waals surface area (Å²) in [5, 5.41) is 11.9. The number of methoxy groups -OCH3 is 2. The molecule has 0 spiro atoms. The van der Waals surface area contributed by atoms with Gasteiger partial charge in [0.05, 0.1) is 19.9 Å². The fraction of sp³-hybridized carbons (Fsp3) is 0.174. The number of fused-ring (bicyclic) bond motifs is 1. The number of ether oxygens (including phenoxy) is 3. The SMILES string of the molecule is COc1ccc(OCC(=O)Nc2cc3nn(-c4ccc(OC)cc4)nc3cc2C)cc1. The molecular weight excluding hydrogens is 396 g/mol. The Hall–Kier alpha value is -4.07. The van der Waals surface area contributed by atoms with Crippen LogP contribution in [-0.2, 0) is 4.79 Å². The molecule has 0 radical (unpaired) electrons. The highest BCUT2D eigenvalue weighted by Crippen LogP contribution is 2.23. The van der Waals surface area contributed by atoms with E-state index in [1.165, 1.54) is 0 Å². The van der Waals surface area contributed by atoms with Crippen LogP contribution in [0.15, 0.2) is 60.7 Å². The molecule has 0 saturated heterocycles. The molecular formula is C23H22N4O4. The van der Waals surface area contributed by atoms with Crippen molar-refractivity contribution in [3.05, 3.63) is 66.2 Å². The molecule has 4 aromatic rings. The van der Waals surface area contributed by atoms with Gasteiger partial charge in [-0.2, -0.15) is 4.80 Å². The van der Waals surface area contributed by atoms with Gasteiger partial charge in [-0.25, -0.2) is 0 Å². The highest BCUT2D eigenvalue weighted by Gasteiger charge is 2.11. The Morgan fingerprint density at radius 3 is 2.03 bits per heavy atom. The lowest BCUT2D eigenvalue weighted by Crippen LogP contribution is -2.20.